The van der Waals surface area contributed by atoms with Crippen molar-refractivity contribution in [2.24, 2.45) is 0 Å². The molecule has 0 radical (unpaired) electrons. The lowest BCUT2D eigenvalue weighted by Crippen LogP contribution is -2.14. The van der Waals surface area contributed by atoms with Gasteiger partial charge < -0.3 is 10.1 Å². The van der Waals surface area contributed by atoms with Crippen LogP contribution in [0.4, 0.5) is 0 Å². The van der Waals surface area contributed by atoms with Gasteiger partial charge in [0.2, 0.25) is 5.88 Å². The lowest BCUT2D eigenvalue weighted by Gasteiger charge is -2.08. The van der Waals surface area contributed by atoms with Crippen molar-refractivity contribution in [3.8, 4) is 5.88 Å². The molecule has 0 fully saturated rings. The molecule has 0 saturated carbocycles. The van der Waals surface area contributed by atoms with E-state index in [2.05, 4.69) is 20.4 Å². The predicted molar refractivity (Wildman–Crippen MR) is 79.1 cm³/mol. The predicted octanol–water partition coefficient (Wildman–Crippen LogP) is 1.73. The van der Waals surface area contributed by atoms with Gasteiger partial charge in [0.15, 0.2) is 5.65 Å². The van der Waals surface area contributed by atoms with Gasteiger partial charge >= 0.3 is 0 Å². The molecule has 0 unspecified atom stereocenters. The van der Waals surface area contributed by atoms with E-state index in [-0.39, 0.29) is 0 Å². The second kappa shape index (κ2) is 5.88. The smallest absolute Gasteiger partial charge is 0.217 e. The first kappa shape index (κ1) is 13.5. The van der Waals surface area contributed by atoms with Crippen molar-refractivity contribution in [3.05, 3.63) is 53.6 Å². The first-order valence-electron chi connectivity index (χ1n) is 6.76. The van der Waals surface area contributed by atoms with Crippen molar-refractivity contribution in [2.45, 2.75) is 20.0 Å². The number of fused-ring (bicyclic) bond motifs is 1. The van der Waals surface area contributed by atoms with Gasteiger partial charge in [-0.25, -0.2) is 14.5 Å². The maximum Gasteiger partial charge on any atom is 0.217 e. The third-order valence-electron chi connectivity index (χ3n) is 3.18. The summed E-state index contributed by atoms with van der Waals surface area (Å²) in [6, 6.07) is 5.86. The Morgan fingerprint density at radius 2 is 2.19 bits per heavy atom. The second-order valence-corrected chi connectivity index (χ2v) is 4.83. The molecular weight excluding hydrogens is 266 g/mol. The quantitative estimate of drug-likeness (QED) is 0.772. The summed E-state index contributed by atoms with van der Waals surface area (Å²) in [7, 11) is 1.63. The van der Waals surface area contributed by atoms with E-state index in [0.29, 0.717) is 19.0 Å². The minimum absolute atomic E-state index is 0.654. The van der Waals surface area contributed by atoms with Crippen LogP contribution in [0.2, 0.25) is 0 Å². The van der Waals surface area contributed by atoms with Crippen LogP contribution in [0, 0.1) is 6.92 Å². The Morgan fingerprint density at radius 1 is 1.29 bits per heavy atom. The molecule has 21 heavy (non-hydrogen) atoms. The first-order valence-corrected chi connectivity index (χ1v) is 6.76. The maximum absolute atomic E-state index is 5.23. The number of hydrogen-bond acceptors (Lipinski definition) is 5. The number of methoxy groups -OCH3 is 1. The van der Waals surface area contributed by atoms with Gasteiger partial charge in [-0.1, -0.05) is 6.07 Å². The molecule has 0 atom stereocenters. The molecule has 3 rings (SSSR count). The van der Waals surface area contributed by atoms with Gasteiger partial charge in [0, 0.05) is 48.9 Å². The van der Waals surface area contributed by atoms with E-state index in [1.165, 1.54) is 0 Å². The molecule has 6 heteroatoms. The van der Waals surface area contributed by atoms with Crippen molar-refractivity contribution >= 4 is 5.65 Å². The van der Waals surface area contributed by atoms with Crippen molar-refractivity contribution in [3.63, 3.8) is 0 Å². The van der Waals surface area contributed by atoms with Gasteiger partial charge in [0.25, 0.3) is 0 Å². The molecule has 108 valence electrons. The number of hydrogen-bond donors (Lipinski definition) is 1. The maximum atomic E-state index is 5.23. The van der Waals surface area contributed by atoms with Crippen LogP contribution in [0.15, 0.2) is 36.8 Å². The molecule has 3 aromatic rings. The fourth-order valence-corrected chi connectivity index (χ4v) is 2.21. The lowest BCUT2D eigenvalue weighted by atomic mass is 10.2. The normalized spacial score (nSPS) is 11.0. The van der Waals surface area contributed by atoms with Crippen molar-refractivity contribution in [2.75, 3.05) is 7.11 Å². The number of aromatic nitrogens is 4. The Bertz CT molecular complexity index is 753. The molecule has 0 saturated heterocycles. The zero-order valence-electron chi connectivity index (χ0n) is 12.1. The van der Waals surface area contributed by atoms with Gasteiger partial charge in [0.05, 0.1) is 12.8 Å². The molecule has 0 aliphatic heterocycles. The highest BCUT2D eigenvalue weighted by Crippen LogP contribution is 2.13. The zero-order valence-corrected chi connectivity index (χ0v) is 12.1. The summed E-state index contributed by atoms with van der Waals surface area (Å²) in [4.78, 5) is 8.56. The summed E-state index contributed by atoms with van der Waals surface area (Å²) in [5.74, 6) is 0.654. The van der Waals surface area contributed by atoms with Gasteiger partial charge in [-0.3, -0.25) is 0 Å². The highest BCUT2D eigenvalue weighted by Gasteiger charge is 2.04. The summed E-state index contributed by atoms with van der Waals surface area (Å²) in [5.41, 5.74) is 3.94. The number of aryl methyl sites for hydroxylation is 1. The average molecular weight is 283 g/mol. The van der Waals surface area contributed by atoms with Crippen LogP contribution < -0.4 is 10.1 Å². The number of ether oxygens (including phenoxy) is 1. The molecule has 6 nitrogen and oxygen atoms in total. The van der Waals surface area contributed by atoms with E-state index in [0.717, 1.165) is 22.5 Å². The number of pyridine rings is 1. The molecule has 1 N–H and O–H groups in total. The monoisotopic (exact) mass is 283 g/mol. The van der Waals surface area contributed by atoms with Crippen LogP contribution in [0.3, 0.4) is 0 Å². The van der Waals surface area contributed by atoms with E-state index >= 15 is 0 Å². The van der Waals surface area contributed by atoms with Gasteiger partial charge in [-0.15, -0.1) is 0 Å². The van der Waals surface area contributed by atoms with E-state index in [1.54, 1.807) is 17.8 Å². The van der Waals surface area contributed by atoms with E-state index in [1.807, 2.05) is 37.5 Å². The lowest BCUT2D eigenvalue weighted by molar-refractivity contribution is 0.390. The Labute approximate surface area is 122 Å². The molecule has 0 spiro atoms. The summed E-state index contributed by atoms with van der Waals surface area (Å²) >= 11 is 0. The minimum atomic E-state index is 0.654. The van der Waals surface area contributed by atoms with Gasteiger partial charge in [0.1, 0.15) is 0 Å². The number of nitrogens with one attached hydrogen (secondary N) is 1. The second-order valence-electron chi connectivity index (χ2n) is 4.83. The average Bonchev–Trinajstić information content (AvgIpc) is 2.87. The Morgan fingerprint density at radius 3 is 3.05 bits per heavy atom. The minimum Gasteiger partial charge on any atom is -0.481 e. The zero-order chi connectivity index (χ0) is 14.7. The fourth-order valence-electron chi connectivity index (χ4n) is 2.21. The molecule has 0 bridgehead atoms. The summed E-state index contributed by atoms with van der Waals surface area (Å²) in [6.07, 6.45) is 5.58. The largest absolute Gasteiger partial charge is 0.481 e. The number of rotatable bonds is 5. The van der Waals surface area contributed by atoms with Crippen molar-refractivity contribution in [1.29, 1.82) is 0 Å². The summed E-state index contributed by atoms with van der Waals surface area (Å²) in [6.45, 7) is 3.36. The molecule has 3 aromatic heterocycles. The van der Waals surface area contributed by atoms with Crippen LogP contribution in [-0.4, -0.2) is 26.7 Å². The molecule has 0 aromatic carbocycles. The highest BCUT2D eigenvalue weighted by atomic mass is 16.5. The van der Waals surface area contributed by atoms with E-state index in [9.17, 15) is 0 Å². The van der Waals surface area contributed by atoms with Crippen molar-refractivity contribution < 1.29 is 4.74 Å². The number of nitrogens with zero attached hydrogens (tertiary/aromatic N) is 4. The van der Waals surface area contributed by atoms with Gasteiger partial charge in [-0.2, -0.15) is 5.10 Å². The molecule has 0 amide bonds. The molecule has 0 aliphatic carbocycles. The molecule has 3 heterocycles. The van der Waals surface area contributed by atoms with Crippen LogP contribution in [0.1, 0.15) is 16.8 Å². The van der Waals surface area contributed by atoms with Gasteiger partial charge in [-0.05, 0) is 13.0 Å². The SMILES string of the molecule is COc1ncccc1CNCc1cnc2cc(C)nn2c1. The Kier molecular flexibility index (Phi) is 3.79. The fraction of sp³-hybridized carbons (Fsp3) is 0.267. The van der Waals surface area contributed by atoms with Crippen LogP contribution in [-0.2, 0) is 13.1 Å². The van der Waals surface area contributed by atoms with Crippen molar-refractivity contribution in [1.82, 2.24) is 24.9 Å². The van der Waals surface area contributed by atoms with E-state index < -0.39 is 0 Å². The third kappa shape index (κ3) is 3.00. The summed E-state index contributed by atoms with van der Waals surface area (Å²) < 4.78 is 7.03. The van der Waals surface area contributed by atoms with Crippen LogP contribution >= 0.6 is 0 Å². The topological polar surface area (TPSA) is 64.3 Å². The Balaban J connectivity index is 1.66. The molecule has 0 aliphatic rings. The van der Waals surface area contributed by atoms with Crippen LogP contribution in [0.5, 0.6) is 5.88 Å². The van der Waals surface area contributed by atoms with Crippen LogP contribution in [0.25, 0.3) is 5.65 Å². The summed E-state index contributed by atoms with van der Waals surface area (Å²) in [5, 5.41) is 7.73. The highest BCUT2D eigenvalue weighted by molar-refractivity contribution is 5.38. The van der Waals surface area contributed by atoms with E-state index in [4.69, 9.17) is 4.74 Å². The Hall–Kier alpha value is -2.47. The molecular formula is C15H17N5O. The first-order chi connectivity index (χ1) is 10.3. The third-order valence-corrected chi connectivity index (χ3v) is 3.18. The standard InChI is InChI=1S/C15H17N5O/c1-11-6-14-18-8-12(10-20(14)19-11)7-16-9-13-4-3-5-17-15(13)21-2/h3-6,8,10,16H,7,9H2,1-2H3.